The number of carbonyl (C=O) groups excluding carboxylic acids is 1. The number of halogens is 2. The SMILES string of the molecule is O=C(/C=C/c1ccc(-c2cc(Cl)cc(Cl)c2)o1)NC(=S)Nc1ccc2[nH]c(=O)[nH]c2c1. The third kappa shape index (κ3) is 5.24. The van der Waals surface area contributed by atoms with Crippen molar-refractivity contribution in [3.63, 3.8) is 0 Å². The summed E-state index contributed by atoms with van der Waals surface area (Å²) < 4.78 is 5.71. The van der Waals surface area contributed by atoms with Crippen LogP contribution in [-0.4, -0.2) is 21.0 Å². The van der Waals surface area contributed by atoms with Crippen molar-refractivity contribution >= 4 is 69.2 Å². The summed E-state index contributed by atoms with van der Waals surface area (Å²) in [6.07, 6.45) is 2.82. The average Bonchev–Trinajstić information content (AvgIpc) is 3.31. The van der Waals surface area contributed by atoms with Crippen LogP contribution in [0.25, 0.3) is 28.4 Å². The van der Waals surface area contributed by atoms with Gasteiger partial charge in [0.15, 0.2) is 5.11 Å². The maximum atomic E-state index is 12.1. The summed E-state index contributed by atoms with van der Waals surface area (Å²) >= 11 is 17.2. The molecule has 0 spiro atoms. The van der Waals surface area contributed by atoms with Crippen molar-refractivity contribution in [2.75, 3.05) is 5.32 Å². The van der Waals surface area contributed by atoms with Gasteiger partial charge < -0.3 is 19.7 Å². The first-order chi connectivity index (χ1) is 14.9. The summed E-state index contributed by atoms with van der Waals surface area (Å²) in [5.74, 6) is 0.610. The van der Waals surface area contributed by atoms with Crippen LogP contribution in [0.1, 0.15) is 5.76 Å². The topological polar surface area (TPSA) is 103 Å². The lowest BCUT2D eigenvalue weighted by Gasteiger charge is -2.07. The molecule has 0 aliphatic heterocycles. The molecule has 0 saturated heterocycles. The highest BCUT2D eigenvalue weighted by molar-refractivity contribution is 7.80. The van der Waals surface area contributed by atoms with Gasteiger partial charge in [-0.1, -0.05) is 23.2 Å². The molecule has 0 radical (unpaired) electrons. The number of thiocarbonyl (C=S) groups is 1. The fourth-order valence-electron chi connectivity index (χ4n) is 2.88. The first-order valence-corrected chi connectivity index (χ1v) is 10.1. The normalized spacial score (nSPS) is 11.2. The second-order valence-corrected chi connectivity index (χ2v) is 7.76. The molecule has 7 nitrogen and oxygen atoms in total. The molecule has 0 atom stereocenters. The lowest BCUT2D eigenvalue weighted by atomic mass is 10.2. The van der Waals surface area contributed by atoms with E-state index >= 15 is 0 Å². The molecule has 31 heavy (non-hydrogen) atoms. The van der Waals surface area contributed by atoms with Crippen LogP contribution in [0.3, 0.4) is 0 Å². The number of carbonyl (C=O) groups is 1. The predicted molar refractivity (Wildman–Crippen MR) is 126 cm³/mol. The quantitative estimate of drug-likeness (QED) is 0.248. The van der Waals surface area contributed by atoms with Crippen molar-refractivity contribution in [2.45, 2.75) is 0 Å². The number of fused-ring (bicyclic) bond motifs is 1. The van der Waals surface area contributed by atoms with Crippen molar-refractivity contribution in [1.82, 2.24) is 15.3 Å². The zero-order valence-electron chi connectivity index (χ0n) is 15.7. The van der Waals surface area contributed by atoms with Crippen molar-refractivity contribution in [2.24, 2.45) is 0 Å². The zero-order chi connectivity index (χ0) is 22.0. The summed E-state index contributed by atoms with van der Waals surface area (Å²) in [5, 5.41) is 6.54. The number of hydrogen-bond acceptors (Lipinski definition) is 4. The van der Waals surface area contributed by atoms with Gasteiger partial charge in [0, 0.05) is 27.4 Å². The van der Waals surface area contributed by atoms with Crippen LogP contribution in [0.5, 0.6) is 0 Å². The van der Waals surface area contributed by atoms with Gasteiger partial charge in [-0.2, -0.15) is 0 Å². The number of benzene rings is 2. The van der Waals surface area contributed by atoms with Gasteiger partial charge in [0.05, 0.1) is 11.0 Å². The highest BCUT2D eigenvalue weighted by atomic mass is 35.5. The van der Waals surface area contributed by atoms with Crippen LogP contribution in [0, 0.1) is 0 Å². The van der Waals surface area contributed by atoms with E-state index < -0.39 is 5.91 Å². The molecule has 1 amide bonds. The Bertz CT molecular complexity index is 1370. The molecular formula is C21H14Cl2N4O3S. The molecule has 0 saturated carbocycles. The third-order valence-electron chi connectivity index (χ3n) is 4.18. The molecule has 0 bridgehead atoms. The van der Waals surface area contributed by atoms with Crippen LogP contribution >= 0.6 is 35.4 Å². The highest BCUT2D eigenvalue weighted by Crippen LogP contribution is 2.28. The molecule has 156 valence electrons. The maximum Gasteiger partial charge on any atom is 0.323 e. The van der Waals surface area contributed by atoms with E-state index in [2.05, 4.69) is 20.6 Å². The summed E-state index contributed by atoms with van der Waals surface area (Å²) in [7, 11) is 0. The summed E-state index contributed by atoms with van der Waals surface area (Å²) in [6, 6.07) is 13.7. The molecule has 0 aliphatic rings. The minimum Gasteiger partial charge on any atom is -0.457 e. The Labute approximate surface area is 191 Å². The number of furan rings is 1. The van der Waals surface area contributed by atoms with E-state index in [0.29, 0.717) is 38.3 Å². The number of hydrogen-bond donors (Lipinski definition) is 4. The van der Waals surface area contributed by atoms with Crippen molar-refractivity contribution in [3.05, 3.63) is 80.9 Å². The Morgan fingerprint density at radius 1 is 1.00 bits per heavy atom. The highest BCUT2D eigenvalue weighted by Gasteiger charge is 2.07. The number of aromatic amines is 2. The minimum absolute atomic E-state index is 0.112. The number of amides is 1. The van der Waals surface area contributed by atoms with Crippen LogP contribution < -0.4 is 16.3 Å². The minimum atomic E-state index is -0.433. The van der Waals surface area contributed by atoms with E-state index in [0.717, 1.165) is 5.56 Å². The number of imidazole rings is 1. The Hall–Kier alpha value is -3.33. The predicted octanol–water partition coefficient (Wildman–Crippen LogP) is 4.95. The first-order valence-electron chi connectivity index (χ1n) is 8.94. The monoisotopic (exact) mass is 472 g/mol. The van der Waals surface area contributed by atoms with Gasteiger partial charge in [-0.15, -0.1) is 0 Å². The van der Waals surface area contributed by atoms with E-state index in [1.807, 2.05) is 0 Å². The van der Waals surface area contributed by atoms with Gasteiger partial charge >= 0.3 is 5.69 Å². The van der Waals surface area contributed by atoms with E-state index in [1.54, 1.807) is 48.5 Å². The number of aromatic nitrogens is 2. The smallest absolute Gasteiger partial charge is 0.323 e. The molecule has 0 aliphatic carbocycles. The fraction of sp³-hybridized carbons (Fsp3) is 0. The maximum absolute atomic E-state index is 12.1. The van der Waals surface area contributed by atoms with E-state index in [9.17, 15) is 9.59 Å². The van der Waals surface area contributed by atoms with Crippen LogP contribution in [0.15, 0.2) is 63.8 Å². The van der Waals surface area contributed by atoms with Gasteiger partial charge in [0.1, 0.15) is 11.5 Å². The molecular weight excluding hydrogens is 459 g/mol. The molecule has 10 heteroatoms. The average molecular weight is 473 g/mol. The Morgan fingerprint density at radius 2 is 1.74 bits per heavy atom. The van der Waals surface area contributed by atoms with E-state index in [-0.39, 0.29) is 10.8 Å². The van der Waals surface area contributed by atoms with Gasteiger partial charge in [0.25, 0.3) is 0 Å². The molecule has 4 rings (SSSR count). The van der Waals surface area contributed by atoms with E-state index in [4.69, 9.17) is 39.8 Å². The number of nitrogens with one attached hydrogen (secondary N) is 4. The third-order valence-corrected chi connectivity index (χ3v) is 4.82. The molecule has 2 aromatic heterocycles. The van der Waals surface area contributed by atoms with Crippen molar-refractivity contribution < 1.29 is 9.21 Å². The molecule has 0 unspecified atom stereocenters. The standard InChI is InChI=1S/C21H14Cl2N4O3S/c22-12-7-11(8-13(23)9-12)18-5-2-15(30-18)3-6-19(28)27-21(31)24-14-1-4-16-17(10-14)26-20(29)25-16/h1-10H,(H2,25,26,29)(H2,24,27,28,31)/b6-3+. The van der Waals surface area contributed by atoms with Crippen LogP contribution in [-0.2, 0) is 4.79 Å². The van der Waals surface area contributed by atoms with Crippen LogP contribution in [0.2, 0.25) is 10.0 Å². The molecule has 2 aromatic carbocycles. The van der Waals surface area contributed by atoms with Gasteiger partial charge in [0.2, 0.25) is 5.91 Å². The zero-order valence-corrected chi connectivity index (χ0v) is 18.0. The summed E-state index contributed by atoms with van der Waals surface area (Å²) in [4.78, 5) is 28.8. The molecule has 0 fully saturated rings. The Morgan fingerprint density at radius 3 is 2.52 bits per heavy atom. The van der Waals surface area contributed by atoms with Crippen molar-refractivity contribution in [3.8, 4) is 11.3 Å². The Kier molecular flexibility index (Phi) is 5.94. The largest absolute Gasteiger partial charge is 0.457 e. The van der Waals surface area contributed by atoms with Gasteiger partial charge in [-0.25, -0.2) is 4.79 Å². The molecule has 2 heterocycles. The van der Waals surface area contributed by atoms with E-state index in [1.165, 1.54) is 12.2 Å². The number of anilines is 1. The second-order valence-electron chi connectivity index (χ2n) is 6.48. The lowest BCUT2D eigenvalue weighted by Crippen LogP contribution is -2.32. The van der Waals surface area contributed by atoms with Gasteiger partial charge in [-0.3, -0.25) is 10.1 Å². The van der Waals surface area contributed by atoms with Crippen molar-refractivity contribution in [1.29, 1.82) is 0 Å². The fourth-order valence-corrected chi connectivity index (χ4v) is 3.62. The Balaban J connectivity index is 1.37. The van der Waals surface area contributed by atoms with Gasteiger partial charge in [-0.05, 0) is 66.8 Å². The second kappa shape index (κ2) is 8.81. The van der Waals surface area contributed by atoms with Crippen LogP contribution in [0.4, 0.5) is 5.69 Å². The molecule has 4 N–H and O–H groups in total. The lowest BCUT2D eigenvalue weighted by molar-refractivity contribution is -0.115. The summed E-state index contributed by atoms with van der Waals surface area (Å²) in [5.41, 5.74) is 2.35. The summed E-state index contributed by atoms with van der Waals surface area (Å²) in [6.45, 7) is 0. The first kappa shape index (κ1) is 20.9. The molecule has 4 aromatic rings. The number of H-pyrrole nitrogens is 2. The number of rotatable bonds is 4.